The smallest absolute Gasteiger partial charge is 0.123 e. The Morgan fingerprint density at radius 1 is 0.839 bits per heavy atom. The van der Waals surface area contributed by atoms with Crippen LogP contribution in [0.15, 0.2) is 90.1 Å². The predicted molar refractivity (Wildman–Crippen MR) is 123 cm³/mol. The number of benzene rings is 3. The molecule has 0 saturated carbocycles. The fraction of sp³-hybridized carbons (Fsp3) is 0.269. The molecule has 4 nitrogen and oxygen atoms in total. The van der Waals surface area contributed by atoms with Crippen molar-refractivity contribution < 1.29 is 9.23 Å². The van der Waals surface area contributed by atoms with Crippen LogP contribution in [0.5, 0.6) is 0 Å². The van der Waals surface area contributed by atoms with Gasteiger partial charge in [0.1, 0.15) is 18.6 Å². The van der Waals surface area contributed by atoms with Crippen LogP contribution in [0.3, 0.4) is 0 Å². The molecule has 0 aromatic heterocycles. The molecule has 1 saturated heterocycles. The third-order valence-electron chi connectivity index (χ3n) is 5.75. The highest BCUT2D eigenvalue weighted by atomic mass is 19.1. The molecule has 3 aromatic rings. The van der Waals surface area contributed by atoms with Crippen molar-refractivity contribution in [2.45, 2.75) is 6.04 Å². The molecule has 1 heterocycles. The van der Waals surface area contributed by atoms with E-state index in [1.54, 1.807) is 19.2 Å². The lowest BCUT2D eigenvalue weighted by molar-refractivity contribution is 0.119. The molecular weight excluding hydrogens is 389 g/mol. The van der Waals surface area contributed by atoms with Gasteiger partial charge in [-0.1, -0.05) is 78.0 Å². The van der Waals surface area contributed by atoms with E-state index in [4.69, 9.17) is 4.84 Å². The monoisotopic (exact) mass is 417 g/mol. The molecule has 0 atom stereocenters. The maximum absolute atomic E-state index is 13.3. The second-order valence-electron chi connectivity index (χ2n) is 7.76. The molecule has 0 spiro atoms. The van der Waals surface area contributed by atoms with Crippen molar-refractivity contribution in [3.8, 4) is 0 Å². The molecule has 0 unspecified atom stereocenters. The summed E-state index contributed by atoms with van der Waals surface area (Å²) in [6.45, 7) is 4.45. The van der Waals surface area contributed by atoms with Crippen LogP contribution in [0.25, 0.3) is 0 Å². The van der Waals surface area contributed by atoms with Gasteiger partial charge in [-0.25, -0.2) is 4.39 Å². The van der Waals surface area contributed by atoms with Gasteiger partial charge < -0.3 is 4.84 Å². The Hall–Kier alpha value is -3.02. The van der Waals surface area contributed by atoms with Crippen LogP contribution in [0, 0.1) is 5.82 Å². The van der Waals surface area contributed by atoms with Gasteiger partial charge in [0.05, 0.1) is 6.04 Å². The fourth-order valence-electron chi connectivity index (χ4n) is 4.20. The zero-order valence-corrected chi connectivity index (χ0v) is 17.8. The van der Waals surface area contributed by atoms with Crippen LogP contribution in [0.2, 0.25) is 0 Å². The maximum Gasteiger partial charge on any atom is 0.123 e. The van der Waals surface area contributed by atoms with E-state index >= 15 is 0 Å². The van der Waals surface area contributed by atoms with Gasteiger partial charge in [-0.3, -0.25) is 9.80 Å². The quantitative estimate of drug-likeness (QED) is 0.416. The first kappa shape index (κ1) is 21.2. The third kappa shape index (κ3) is 5.37. The highest BCUT2D eigenvalue weighted by Crippen LogP contribution is 2.29. The summed E-state index contributed by atoms with van der Waals surface area (Å²) in [5, 5.41) is 4.21. The van der Waals surface area contributed by atoms with E-state index in [1.807, 2.05) is 0 Å². The minimum atomic E-state index is -0.248. The van der Waals surface area contributed by atoms with Gasteiger partial charge in [-0.2, -0.15) is 0 Å². The molecular formula is C26H28FN3O. The number of oxime groups is 1. The van der Waals surface area contributed by atoms with Gasteiger partial charge >= 0.3 is 0 Å². The topological polar surface area (TPSA) is 28.1 Å². The Morgan fingerprint density at radius 2 is 1.39 bits per heavy atom. The average molecular weight is 418 g/mol. The number of halogens is 1. The maximum atomic E-state index is 13.3. The molecule has 5 heteroatoms. The Bertz CT molecular complexity index is 929. The van der Waals surface area contributed by atoms with Crippen molar-refractivity contribution in [1.29, 1.82) is 0 Å². The normalized spacial score (nSPS) is 15.9. The molecule has 0 bridgehead atoms. The summed E-state index contributed by atoms with van der Waals surface area (Å²) in [6, 6.07) is 28.1. The summed E-state index contributed by atoms with van der Waals surface area (Å²) >= 11 is 0. The van der Waals surface area contributed by atoms with Crippen molar-refractivity contribution in [2.75, 3.05) is 39.8 Å². The van der Waals surface area contributed by atoms with E-state index in [0.29, 0.717) is 6.54 Å². The van der Waals surface area contributed by atoms with Crippen molar-refractivity contribution in [3.05, 3.63) is 107 Å². The number of hydrogen-bond donors (Lipinski definition) is 0. The Labute approximate surface area is 183 Å². The zero-order valence-electron chi connectivity index (χ0n) is 17.8. The summed E-state index contributed by atoms with van der Waals surface area (Å²) in [4.78, 5) is 9.99. The summed E-state index contributed by atoms with van der Waals surface area (Å²) in [7, 11) is 1.55. The van der Waals surface area contributed by atoms with Gasteiger partial charge in [0, 0.05) is 38.3 Å². The second-order valence-corrected chi connectivity index (χ2v) is 7.76. The van der Waals surface area contributed by atoms with Gasteiger partial charge in [0.2, 0.25) is 0 Å². The molecule has 0 N–H and O–H groups in total. The molecule has 3 aromatic carbocycles. The molecule has 31 heavy (non-hydrogen) atoms. The van der Waals surface area contributed by atoms with E-state index in [-0.39, 0.29) is 11.9 Å². The van der Waals surface area contributed by atoms with Gasteiger partial charge in [0.15, 0.2) is 0 Å². The summed E-state index contributed by atoms with van der Waals surface area (Å²) in [5.74, 6) is -0.248. The standard InChI is InChI=1S/C26H28FN3O/c1-31-28-25(21-12-14-24(27)15-13-21)20-29-16-18-30(19-17-29)26(22-8-4-2-5-9-22)23-10-6-3-7-11-23/h2-15,26H,16-20H2,1H3. The van der Waals surface area contributed by atoms with Crippen LogP contribution >= 0.6 is 0 Å². The first-order valence-electron chi connectivity index (χ1n) is 10.7. The van der Waals surface area contributed by atoms with Crippen molar-refractivity contribution in [2.24, 2.45) is 5.16 Å². The largest absolute Gasteiger partial charge is 0.399 e. The molecule has 0 radical (unpaired) electrons. The van der Waals surface area contributed by atoms with E-state index in [9.17, 15) is 4.39 Å². The van der Waals surface area contributed by atoms with Crippen LogP contribution in [-0.2, 0) is 4.84 Å². The van der Waals surface area contributed by atoms with E-state index in [0.717, 1.165) is 37.5 Å². The SMILES string of the molecule is CON=C(CN1CCN(C(c2ccccc2)c2ccccc2)CC1)c1ccc(F)cc1. The summed E-state index contributed by atoms with van der Waals surface area (Å²) < 4.78 is 13.3. The first-order valence-corrected chi connectivity index (χ1v) is 10.7. The number of hydrogen-bond acceptors (Lipinski definition) is 4. The molecule has 0 aliphatic carbocycles. The Morgan fingerprint density at radius 3 is 1.90 bits per heavy atom. The van der Waals surface area contributed by atoms with E-state index < -0.39 is 0 Å². The summed E-state index contributed by atoms with van der Waals surface area (Å²) in [6.07, 6.45) is 0. The third-order valence-corrected chi connectivity index (χ3v) is 5.75. The predicted octanol–water partition coefficient (Wildman–Crippen LogP) is 4.58. The highest BCUT2D eigenvalue weighted by Gasteiger charge is 2.27. The van der Waals surface area contributed by atoms with Gasteiger partial charge in [0.25, 0.3) is 0 Å². The van der Waals surface area contributed by atoms with Crippen LogP contribution in [0.1, 0.15) is 22.7 Å². The lowest BCUT2D eigenvalue weighted by atomic mass is 9.96. The lowest BCUT2D eigenvalue weighted by Gasteiger charge is -2.39. The van der Waals surface area contributed by atoms with E-state index in [1.165, 1.54) is 23.3 Å². The minimum Gasteiger partial charge on any atom is -0.399 e. The molecule has 0 amide bonds. The van der Waals surface area contributed by atoms with Crippen LogP contribution in [-0.4, -0.2) is 55.3 Å². The molecule has 1 fully saturated rings. The van der Waals surface area contributed by atoms with Crippen molar-refractivity contribution in [1.82, 2.24) is 9.80 Å². The van der Waals surface area contributed by atoms with Crippen LogP contribution in [0.4, 0.5) is 4.39 Å². The van der Waals surface area contributed by atoms with Gasteiger partial charge in [-0.05, 0) is 23.3 Å². The first-order chi connectivity index (χ1) is 15.2. The Balaban J connectivity index is 1.46. The molecule has 160 valence electrons. The zero-order chi connectivity index (χ0) is 21.5. The number of piperazine rings is 1. The van der Waals surface area contributed by atoms with Gasteiger partial charge in [-0.15, -0.1) is 0 Å². The number of rotatable bonds is 7. The molecule has 1 aliphatic rings. The Kier molecular flexibility index (Phi) is 7.07. The van der Waals surface area contributed by atoms with Crippen molar-refractivity contribution in [3.63, 3.8) is 0 Å². The highest BCUT2D eigenvalue weighted by molar-refractivity contribution is 6.01. The molecule has 4 rings (SSSR count). The second kappa shape index (κ2) is 10.3. The van der Waals surface area contributed by atoms with E-state index in [2.05, 4.69) is 75.6 Å². The number of nitrogens with zero attached hydrogens (tertiary/aromatic N) is 3. The minimum absolute atomic E-state index is 0.244. The average Bonchev–Trinajstić information content (AvgIpc) is 2.82. The fourth-order valence-corrected chi connectivity index (χ4v) is 4.20. The van der Waals surface area contributed by atoms with Crippen molar-refractivity contribution >= 4 is 5.71 Å². The lowest BCUT2D eigenvalue weighted by Crippen LogP contribution is -2.49. The summed E-state index contributed by atoms with van der Waals surface area (Å²) in [5.41, 5.74) is 4.33. The molecule has 1 aliphatic heterocycles. The van der Waals surface area contributed by atoms with Crippen LogP contribution < -0.4 is 0 Å².